The molecule has 0 aromatic rings. The van der Waals surface area contributed by atoms with Crippen LogP contribution in [0.1, 0.15) is 26.7 Å². The number of rotatable bonds is 3. The average molecular weight is 171 g/mol. The highest BCUT2D eigenvalue weighted by Crippen LogP contribution is 2.16. The summed E-state index contributed by atoms with van der Waals surface area (Å²) < 4.78 is 0. The molecule has 1 rings (SSSR count). The fraction of sp³-hybridized carbons (Fsp3) is 0.889. The Hall–Kier alpha value is -0.570. The molecule has 1 fully saturated rings. The van der Waals surface area contributed by atoms with Crippen LogP contribution in [0.4, 0.5) is 0 Å². The Morgan fingerprint density at radius 1 is 1.75 bits per heavy atom. The Morgan fingerprint density at radius 2 is 2.42 bits per heavy atom. The monoisotopic (exact) mass is 171 g/mol. The highest BCUT2D eigenvalue weighted by molar-refractivity contribution is 5.78. The Bertz CT molecular complexity index is 168. The molecule has 3 heteroatoms. The maximum absolute atomic E-state index is 11.2. The number of carbonyl (C=O) groups excluding carboxylic acids is 1. The molecule has 1 aliphatic heterocycles. The third-order valence-corrected chi connectivity index (χ3v) is 2.22. The number of aliphatic hydroxyl groups is 1. The third kappa shape index (κ3) is 2.48. The number of likely N-dealkylation sites (tertiary alicyclic amines) is 1. The predicted octanol–water partition coefficient (Wildman–Crippen LogP) is 0.626. The number of carbonyl (C=O) groups is 1. The van der Waals surface area contributed by atoms with Crippen LogP contribution in [-0.2, 0) is 4.79 Å². The molecule has 12 heavy (non-hydrogen) atoms. The van der Waals surface area contributed by atoms with Crippen molar-refractivity contribution < 1.29 is 9.90 Å². The predicted molar refractivity (Wildman–Crippen MR) is 46.7 cm³/mol. The lowest BCUT2D eigenvalue weighted by Gasteiger charge is -2.16. The van der Waals surface area contributed by atoms with Crippen LogP contribution in [-0.4, -0.2) is 35.1 Å². The van der Waals surface area contributed by atoms with Crippen LogP contribution < -0.4 is 0 Å². The van der Waals surface area contributed by atoms with Gasteiger partial charge in [0.2, 0.25) is 5.91 Å². The first-order chi connectivity index (χ1) is 5.59. The molecule has 0 saturated carbocycles. The zero-order valence-corrected chi connectivity index (χ0v) is 7.79. The number of nitrogens with zero attached hydrogens (tertiary/aromatic N) is 1. The van der Waals surface area contributed by atoms with Crippen molar-refractivity contribution in [3.8, 4) is 0 Å². The normalized spacial score (nSPS) is 26.4. The molecule has 0 bridgehead atoms. The number of amides is 1. The Kier molecular flexibility index (Phi) is 3.09. The van der Waals surface area contributed by atoms with Gasteiger partial charge in [-0.3, -0.25) is 4.79 Å². The van der Waals surface area contributed by atoms with Gasteiger partial charge in [0.05, 0.1) is 6.10 Å². The van der Waals surface area contributed by atoms with Gasteiger partial charge in [-0.05, 0) is 19.3 Å². The van der Waals surface area contributed by atoms with Crippen molar-refractivity contribution in [3.05, 3.63) is 0 Å². The molecule has 1 N–H and O–H groups in total. The van der Waals surface area contributed by atoms with Crippen molar-refractivity contribution in [1.82, 2.24) is 4.90 Å². The maximum Gasteiger partial charge on any atom is 0.222 e. The standard InChI is InChI=1S/C9H17NO2/c1-7-5-9(12)10(6-7)4-3-8(2)11/h7-8,11H,3-6H2,1-2H3. The SMILES string of the molecule is CC(O)CCN1CC(C)CC1=O. The van der Waals surface area contributed by atoms with Crippen molar-refractivity contribution in [2.75, 3.05) is 13.1 Å². The molecule has 0 aromatic heterocycles. The summed E-state index contributed by atoms with van der Waals surface area (Å²) in [5.74, 6) is 0.731. The van der Waals surface area contributed by atoms with Gasteiger partial charge in [-0.2, -0.15) is 0 Å². The van der Waals surface area contributed by atoms with E-state index in [1.807, 2.05) is 4.90 Å². The molecule has 2 unspecified atom stereocenters. The second-order valence-electron chi connectivity index (χ2n) is 3.79. The van der Waals surface area contributed by atoms with E-state index in [0.29, 0.717) is 25.3 Å². The van der Waals surface area contributed by atoms with E-state index < -0.39 is 0 Å². The van der Waals surface area contributed by atoms with Crippen LogP contribution in [0.2, 0.25) is 0 Å². The van der Waals surface area contributed by atoms with E-state index in [4.69, 9.17) is 5.11 Å². The second-order valence-corrected chi connectivity index (χ2v) is 3.79. The smallest absolute Gasteiger partial charge is 0.222 e. The van der Waals surface area contributed by atoms with Gasteiger partial charge < -0.3 is 10.0 Å². The van der Waals surface area contributed by atoms with E-state index in [2.05, 4.69) is 6.92 Å². The van der Waals surface area contributed by atoms with E-state index in [1.54, 1.807) is 6.92 Å². The molecule has 1 saturated heterocycles. The molecule has 1 heterocycles. The van der Waals surface area contributed by atoms with E-state index in [-0.39, 0.29) is 12.0 Å². The first-order valence-electron chi connectivity index (χ1n) is 4.55. The zero-order chi connectivity index (χ0) is 9.14. The molecule has 2 atom stereocenters. The fourth-order valence-electron chi connectivity index (χ4n) is 1.53. The molecule has 0 spiro atoms. The van der Waals surface area contributed by atoms with Gasteiger partial charge in [0.25, 0.3) is 0 Å². The minimum atomic E-state index is -0.297. The molecule has 1 aliphatic rings. The van der Waals surface area contributed by atoms with Crippen molar-refractivity contribution >= 4 is 5.91 Å². The van der Waals surface area contributed by atoms with Crippen molar-refractivity contribution in [3.63, 3.8) is 0 Å². The van der Waals surface area contributed by atoms with Crippen LogP contribution in [0.25, 0.3) is 0 Å². The zero-order valence-electron chi connectivity index (χ0n) is 7.79. The Morgan fingerprint density at radius 3 is 2.83 bits per heavy atom. The molecule has 70 valence electrons. The van der Waals surface area contributed by atoms with Gasteiger partial charge in [0, 0.05) is 19.5 Å². The summed E-state index contributed by atoms with van der Waals surface area (Å²) in [4.78, 5) is 13.1. The largest absolute Gasteiger partial charge is 0.393 e. The first kappa shape index (κ1) is 9.52. The lowest BCUT2D eigenvalue weighted by molar-refractivity contribution is -0.127. The van der Waals surface area contributed by atoms with Crippen molar-refractivity contribution in [2.24, 2.45) is 5.92 Å². The lowest BCUT2D eigenvalue weighted by Crippen LogP contribution is -2.28. The number of hydrogen-bond donors (Lipinski definition) is 1. The first-order valence-corrected chi connectivity index (χ1v) is 4.55. The van der Waals surface area contributed by atoms with Gasteiger partial charge in [-0.25, -0.2) is 0 Å². The van der Waals surface area contributed by atoms with Gasteiger partial charge in [-0.15, -0.1) is 0 Å². The van der Waals surface area contributed by atoms with Crippen LogP contribution in [0.15, 0.2) is 0 Å². The van der Waals surface area contributed by atoms with Crippen LogP contribution >= 0.6 is 0 Å². The number of hydrogen-bond acceptors (Lipinski definition) is 2. The third-order valence-electron chi connectivity index (χ3n) is 2.22. The number of aliphatic hydroxyl groups excluding tert-OH is 1. The van der Waals surface area contributed by atoms with Crippen LogP contribution in [0.3, 0.4) is 0 Å². The molecular weight excluding hydrogens is 154 g/mol. The fourth-order valence-corrected chi connectivity index (χ4v) is 1.53. The highest BCUT2D eigenvalue weighted by Gasteiger charge is 2.25. The summed E-state index contributed by atoms with van der Waals surface area (Å²) in [5, 5.41) is 9.03. The van der Waals surface area contributed by atoms with Crippen molar-refractivity contribution in [2.45, 2.75) is 32.8 Å². The molecule has 1 amide bonds. The minimum absolute atomic E-state index is 0.239. The summed E-state index contributed by atoms with van der Waals surface area (Å²) in [7, 11) is 0. The van der Waals surface area contributed by atoms with E-state index in [1.165, 1.54) is 0 Å². The van der Waals surface area contributed by atoms with Gasteiger partial charge in [-0.1, -0.05) is 6.92 Å². The van der Waals surface area contributed by atoms with E-state index in [0.717, 1.165) is 6.54 Å². The minimum Gasteiger partial charge on any atom is -0.393 e. The molecular formula is C9H17NO2. The summed E-state index contributed by atoms with van der Waals surface area (Å²) in [6.07, 6.45) is 1.08. The summed E-state index contributed by atoms with van der Waals surface area (Å²) in [5.41, 5.74) is 0. The highest BCUT2D eigenvalue weighted by atomic mass is 16.3. The van der Waals surface area contributed by atoms with Crippen molar-refractivity contribution in [1.29, 1.82) is 0 Å². The topological polar surface area (TPSA) is 40.5 Å². The molecule has 0 aliphatic carbocycles. The molecule has 3 nitrogen and oxygen atoms in total. The van der Waals surface area contributed by atoms with Crippen LogP contribution in [0, 0.1) is 5.92 Å². The van der Waals surface area contributed by atoms with Gasteiger partial charge >= 0.3 is 0 Å². The Balaban J connectivity index is 2.28. The molecule has 0 aromatic carbocycles. The lowest BCUT2D eigenvalue weighted by atomic mass is 10.2. The van der Waals surface area contributed by atoms with Gasteiger partial charge in [0.15, 0.2) is 0 Å². The summed E-state index contributed by atoms with van der Waals surface area (Å²) >= 11 is 0. The second kappa shape index (κ2) is 3.90. The van der Waals surface area contributed by atoms with E-state index in [9.17, 15) is 4.79 Å². The van der Waals surface area contributed by atoms with Crippen LogP contribution in [0.5, 0.6) is 0 Å². The maximum atomic E-state index is 11.2. The molecule has 0 radical (unpaired) electrons. The van der Waals surface area contributed by atoms with Gasteiger partial charge in [0.1, 0.15) is 0 Å². The quantitative estimate of drug-likeness (QED) is 0.676. The average Bonchev–Trinajstić information content (AvgIpc) is 2.26. The summed E-state index contributed by atoms with van der Waals surface area (Å²) in [6, 6.07) is 0. The Labute approximate surface area is 73.4 Å². The summed E-state index contributed by atoms with van der Waals surface area (Å²) in [6.45, 7) is 5.41. The van der Waals surface area contributed by atoms with E-state index >= 15 is 0 Å².